The lowest BCUT2D eigenvalue weighted by atomic mass is 10.1. The van der Waals surface area contributed by atoms with Gasteiger partial charge in [-0.15, -0.1) is 35.3 Å². The second-order valence-corrected chi connectivity index (χ2v) is 8.51. The fraction of sp³-hybridized carbons (Fsp3) is 0.600. The normalized spacial score (nSPS) is 17.2. The highest BCUT2D eigenvalue weighted by Gasteiger charge is 2.24. The molecule has 2 aromatic rings. The Bertz CT molecular complexity index is 738. The highest BCUT2D eigenvalue weighted by atomic mass is 127. The molecule has 3 heterocycles. The zero-order chi connectivity index (χ0) is 19.9. The molecule has 0 amide bonds. The van der Waals surface area contributed by atoms with E-state index >= 15 is 0 Å². The van der Waals surface area contributed by atoms with Crippen molar-refractivity contribution in [2.75, 3.05) is 47.3 Å². The van der Waals surface area contributed by atoms with E-state index in [1.807, 2.05) is 36.3 Å². The van der Waals surface area contributed by atoms with Gasteiger partial charge in [0.2, 0.25) is 0 Å². The summed E-state index contributed by atoms with van der Waals surface area (Å²) >= 11 is 1.84. The van der Waals surface area contributed by atoms with Crippen molar-refractivity contribution in [2.45, 2.75) is 24.9 Å². The zero-order valence-corrected chi connectivity index (χ0v) is 21.0. The molecule has 1 saturated heterocycles. The summed E-state index contributed by atoms with van der Waals surface area (Å²) in [7, 11) is 7.97. The Kier molecular flexibility index (Phi) is 9.87. The standard InChI is InChI=1S/C20H33N7S.HI/c1-21-20(22-13-17(25(2)3)16-12-24-26(4)15-16)23-14-18(19-8-7-11-28-19)27-9-5-6-10-27;/h7-8,11-12,15,17-18H,5-6,9-10,13-14H2,1-4H3,(H2,21,22,23);1H. The first-order valence-corrected chi connectivity index (χ1v) is 10.8. The van der Waals surface area contributed by atoms with Gasteiger partial charge in [-0.25, -0.2) is 0 Å². The SMILES string of the molecule is CN=C(NCC(c1cnn(C)c1)N(C)C)NCC(c1cccs1)N1CCCC1.I. The number of hydrogen-bond donors (Lipinski definition) is 2. The lowest BCUT2D eigenvalue weighted by Gasteiger charge is -2.28. The maximum absolute atomic E-state index is 4.44. The molecule has 0 spiro atoms. The quantitative estimate of drug-likeness (QED) is 0.312. The van der Waals surface area contributed by atoms with Crippen LogP contribution in [0, 0.1) is 0 Å². The molecule has 29 heavy (non-hydrogen) atoms. The van der Waals surface area contributed by atoms with Crippen LogP contribution < -0.4 is 10.6 Å². The third-order valence-corrected chi connectivity index (χ3v) is 6.31. The fourth-order valence-corrected chi connectivity index (χ4v) is 4.62. The van der Waals surface area contributed by atoms with Crippen LogP contribution in [0.2, 0.25) is 0 Å². The van der Waals surface area contributed by atoms with E-state index in [4.69, 9.17) is 0 Å². The highest BCUT2D eigenvalue weighted by Crippen LogP contribution is 2.27. The Balaban J connectivity index is 0.00000300. The van der Waals surface area contributed by atoms with Gasteiger partial charge < -0.3 is 15.5 Å². The van der Waals surface area contributed by atoms with E-state index in [0.717, 1.165) is 19.0 Å². The molecule has 1 aliphatic rings. The molecule has 7 nitrogen and oxygen atoms in total. The molecule has 2 N–H and O–H groups in total. The number of aromatic nitrogens is 2. The molecule has 0 aromatic carbocycles. The van der Waals surface area contributed by atoms with Gasteiger partial charge in [-0.1, -0.05) is 6.07 Å². The van der Waals surface area contributed by atoms with Crippen LogP contribution in [0.25, 0.3) is 0 Å². The third-order valence-electron chi connectivity index (χ3n) is 5.34. The molecular formula is C20H34IN7S. The number of halogens is 1. The van der Waals surface area contributed by atoms with Crippen LogP contribution in [0.5, 0.6) is 0 Å². The average molecular weight is 532 g/mol. The summed E-state index contributed by atoms with van der Waals surface area (Å²) in [5.41, 5.74) is 1.20. The number of nitrogens with one attached hydrogen (secondary N) is 2. The lowest BCUT2D eigenvalue weighted by molar-refractivity contribution is 0.248. The molecule has 2 aromatic heterocycles. The Labute approximate surface area is 195 Å². The number of aryl methyl sites for hydroxylation is 1. The van der Waals surface area contributed by atoms with Crippen molar-refractivity contribution < 1.29 is 0 Å². The first kappa shape index (κ1) is 24.1. The van der Waals surface area contributed by atoms with E-state index in [9.17, 15) is 0 Å². The number of aliphatic imine (C=N–C) groups is 1. The van der Waals surface area contributed by atoms with Crippen molar-refractivity contribution in [1.82, 2.24) is 30.2 Å². The molecular weight excluding hydrogens is 497 g/mol. The van der Waals surface area contributed by atoms with Gasteiger partial charge in [0.05, 0.1) is 18.3 Å². The number of guanidine groups is 1. The van der Waals surface area contributed by atoms with E-state index in [1.54, 1.807) is 0 Å². The predicted octanol–water partition coefficient (Wildman–Crippen LogP) is 2.70. The summed E-state index contributed by atoms with van der Waals surface area (Å²) in [6.45, 7) is 3.99. The molecule has 0 bridgehead atoms. The van der Waals surface area contributed by atoms with Gasteiger partial charge in [-0.2, -0.15) is 5.10 Å². The van der Waals surface area contributed by atoms with Gasteiger partial charge in [-0.3, -0.25) is 14.6 Å². The van der Waals surface area contributed by atoms with Crippen molar-refractivity contribution in [3.8, 4) is 0 Å². The minimum atomic E-state index is 0. The van der Waals surface area contributed by atoms with Crippen LogP contribution in [0.15, 0.2) is 34.9 Å². The van der Waals surface area contributed by atoms with E-state index < -0.39 is 0 Å². The molecule has 2 unspecified atom stereocenters. The zero-order valence-electron chi connectivity index (χ0n) is 17.8. The smallest absolute Gasteiger partial charge is 0.191 e. The minimum absolute atomic E-state index is 0. The fourth-order valence-electron chi connectivity index (χ4n) is 3.76. The predicted molar refractivity (Wildman–Crippen MR) is 132 cm³/mol. The monoisotopic (exact) mass is 531 g/mol. The summed E-state index contributed by atoms with van der Waals surface area (Å²) in [5.74, 6) is 0.844. The van der Waals surface area contributed by atoms with Crippen LogP contribution >= 0.6 is 35.3 Å². The Morgan fingerprint density at radius 1 is 1.28 bits per heavy atom. The number of thiophene rings is 1. The van der Waals surface area contributed by atoms with Gasteiger partial charge >= 0.3 is 0 Å². The maximum atomic E-state index is 4.44. The van der Waals surface area contributed by atoms with Crippen molar-refractivity contribution in [3.63, 3.8) is 0 Å². The first-order valence-electron chi connectivity index (χ1n) is 9.95. The number of hydrogen-bond acceptors (Lipinski definition) is 5. The van der Waals surface area contributed by atoms with Gasteiger partial charge in [0, 0.05) is 43.8 Å². The van der Waals surface area contributed by atoms with E-state index in [0.29, 0.717) is 6.04 Å². The number of likely N-dealkylation sites (tertiary alicyclic amines) is 1. The van der Waals surface area contributed by atoms with Gasteiger partial charge in [0.1, 0.15) is 0 Å². The van der Waals surface area contributed by atoms with Crippen LogP contribution in [0.1, 0.15) is 35.4 Å². The second kappa shape index (κ2) is 11.9. The summed E-state index contributed by atoms with van der Waals surface area (Å²) < 4.78 is 1.85. The van der Waals surface area contributed by atoms with Gasteiger partial charge in [-0.05, 0) is 51.5 Å². The van der Waals surface area contributed by atoms with Crippen molar-refractivity contribution in [3.05, 3.63) is 40.3 Å². The van der Waals surface area contributed by atoms with Gasteiger partial charge in [0.25, 0.3) is 0 Å². The molecule has 2 atom stereocenters. The molecule has 0 saturated carbocycles. The van der Waals surface area contributed by atoms with Crippen molar-refractivity contribution in [2.24, 2.45) is 12.0 Å². The molecule has 162 valence electrons. The summed E-state index contributed by atoms with van der Waals surface area (Å²) in [6, 6.07) is 5.03. The molecule has 3 rings (SSSR count). The minimum Gasteiger partial charge on any atom is -0.354 e. The number of likely N-dealkylation sites (N-methyl/N-ethyl adjacent to an activating group) is 1. The van der Waals surface area contributed by atoms with Gasteiger partial charge in [0.15, 0.2) is 5.96 Å². The topological polar surface area (TPSA) is 60.7 Å². The number of rotatable bonds is 8. The average Bonchev–Trinajstić information content (AvgIpc) is 3.43. The van der Waals surface area contributed by atoms with Crippen LogP contribution in [0.4, 0.5) is 0 Å². The largest absolute Gasteiger partial charge is 0.354 e. The molecule has 0 radical (unpaired) electrons. The van der Waals surface area contributed by atoms with E-state index in [1.165, 1.54) is 36.4 Å². The maximum Gasteiger partial charge on any atom is 0.191 e. The van der Waals surface area contributed by atoms with Crippen LogP contribution in [-0.2, 0) is 7.05 Å². The van der Waals surface area contributed by atoms with Crippen LogP contribution in [0.3, 0.4) is 0 Å². The van der Waals surface area contributed by atoms with E-state index in [-0.39, 0.29) is 30.0 Å². The summed E-state index contributed by atoms with van der Waals surface area (Å²) in [5, 5.41) is 13.5. The Morgan fingerprint density at radius 2 is 2.00 bits per heavy atom. The first-order chi connectivity index (χ1) is 13.6. The molecule has 1 aliphatic heterocycles. The Morgan fingerprint density at radius 3 is 2.55 bits per heavy atom. The second-order valence-electron chi connectivity index (χ2n) is 7.54. The van der Waals surface area contributed by atoms with E-state index in [2.05, 4.69) is 68.3 Å². The van der Waals surface area contributed by atoms with Crippen LogP contribution in [-0.4, -0.2) is 72.9 Å². The number of nitrogens with zero attached hydrogens (tertiary/aromatic N) is 5. The highest BCUT2D eigenvalue weighted by molar-refractivity contribution is 14.0. The Hall–Kier alpha value is -1.17. The molecule has 0 aliphatic carbocycles. The molecule has 9 heteroatoms. The van der Waals surface area contributed by atoms with Crippen molar-refractivity contribution >= 4 is 41.3 Å². The van der Waals surface area contributed by atoms with Crippen molar-refractivity contribution in [1.29, 1.82) is 0 Å². The third kappa shape index (κ3) is 6.66. The summed E-state index contributed by atoms with van der Waals surface area (Å²) in [4.78, 5) is 10.7. The lowest BCUT2D eigenvalue weighted by Crippen LogP contribution is -2.44. The summed E-state index contributed by atoms with van der Waals surface area (Å²) in [6.07, 6.45) is 6.60. The molecule has 1 fully saturated rings.